The van der Waals surface area contributed by atoms with Crippen LogP contribution in [0.5, 0.6) is 0 Å². The topological polar surface area (TPSA) is 74.5 Å². The smallest absolute Gasteiger partial charge is 0.265 e. The van der Waals surface area contributed by atoms with Crippen LogP contribution in [0.3, 0.4) is 0 Å². The Morgan fingerprint density at radius 1 is 1.38 bits per heavy atom. The molecule has 1 aromatic rings. The molecule has 1 rings (SSSR count). The average Bonchev–Trinajstić information content (AvgIpc) is 2.78. The van der Waals surface area contributed by atoms with Crippen LogP contribution in [-0.4, -0.2) is 56.1 Å². The van der Waals surface area contributed by atoms with E-state index in [2.05, 4.69) is 29.0 Å². The molecule has 0 aliphatic rings. The van der Waals surface area contributed by atoms with E-state index in [1.807, 2.05) is 33.0 Å². The molecule has 0 aliphatic carbocycles. The molecule has 1 amide bonds. The monoisotopic (exact) mass is 313 g/mol. The number of nitrogens with zero attached hydrogens (tertiary/aromatic N) is 3. The maximum Gasteiger partial charge on any atom is 0.265 e. The third-order valence-electron chi connectivity index (χ3n) is 3.33. The van der Waals surface area contributed by atoms with Crippen LogP contribution in [0.15, 0.2) is 0 Å². The Hall–Kier alpha value is -1.34. The van der Waals surface area contributed by atoms with Crippen LogP contribution in [0.1, 0.15) is 30.4 Å². The van der Waals surface area contributed by atoms with E-state index in [0.29, 0.717) is 16.6 Å². The van der Waals surface area contributed by atoms with Crippen LogP contribution in [0.25, 0.3) is 0 Å². The molecule has 1 unspecified atom stereocenters. The summed E-state index contributed by atoms with van der Waals surface area (Å²) in [6.45, 7) is 7.85. The zero-order valence-electron chi connectivity index (χ0n) is 13.8. The predicted octanol–water partition coefficient (Wildman–Crippen LogP) is 1.50. The summed E-state index contributed by atoms with van der Waals surface area (Å²) in [5.41, 5.74) is 5.89. The van der Waals surface area contributed by atoms with E-state index < -0.39 is 0 Å². The maximum atomic E-state index is 12.4. The number of amides is 1. The van der Waals surface area contributed by atoms with Gasteiger partial charge in [0.2, 0.25) is 0 Å². The van der Waals surface area contributed by atoms with Gasteiger partial charge in [0.15, 0.2) is 5.13 Å². The minimum absolute atomic E-state index is 0.0846. The number of rotatable bonds is 7. The van der Waals surface area contributed by atoms with Crippen molar-refractivity contribution in [2.45, 2.75) is 26.8 Å². The summed E-state index contributed by atoms with van der Waals surface area (Å²) in [4.78, 5) is 21.2. The summed E-state index contributed by atoms with van der Waals surface area (Å²) in [6.07, 6.45) is 0. The van der Waals surface area contributed by atoms with Gasteiger partial charge in [0, 0.05) is 26.2 Å². The van der Waals surface area contributed by atoms with Gasteiger partial charge in [-0.25, -0.2) is 4.98 Å². The van der Waals surface area contributed by atoms with Gasteiger partial charge in [0.05, 0.1) is 0 Å². The Morgan fingerprint density at radius 2 is 2.00 bits per heavy atom. The van der Waals surface area contributed by atoms with Crippen molar-refractivity contribution in [3.05, 3.63) is 4.88 Å². The summed E-state index contributed by atoms with van der Waals surface area (Å²) < 4.78 is 0. The predicted molar refractivity (Wildman–Crippen MR) is 90.1 cm³/mol. The highest BCUT2D eigenvalue weighted by molar-refractivity contribution is 7.18. The summed E-state index contributed by atoms with van der Waals surface area (Å²) >= 11 is 1.34. The third kappa shape index (κ3) is 4.86. The molecule has 0 saturated carbocycles. The van der Waals surface area contributed by atoms with Crippen molar-refractivity contribution < 1.29 is 4.79 Å². The number of nitrogens with one attached hydrogen (secondary N) is 1. The van der Waals surface area contributed by atoms with E-state index in [9.17, 15) is 4.79 Å². The molecule has 3 N–H and O–H groups in total. The van der Waals surface area contributed by atoms with E-state index >= 15 is 0 Å². The highest BCUT2D eigenvalue weighted by atomic mass is 32.1. The minimum Gasteiger partial charge on any atom is -0.382 e. The number of aromatic nitrogens is 1. The number of carbonyl (C=O) groups excluding carboxylic acids is 1. The molecule has 1 atom stereocenters. The van der Waals surface area contributed by atoms with Gasteiger partial charge in [-0.3, -0.25) is 4.79 Å². The largest absolute Gasteiger partial charge is 0.382 e. The van der Waals surface area contributed by atoms with Crippen molar-refractivity contribution >= 4 is 28.2 Å². The van der Waals surface area contributed by atoms with Crippen molar-refractivity contribution in [3.63, 3.8) is 0 Å². The van der Waals surface area contributed by atoms with E-state index in [4.69, 9.17) is 5.73 Å². The number of thiazole rings is 1. The Kier molecular flexibility index (Phi) is 6.42. The number of carbonyl (C=O) groups is 1. The first-order valence-electron chi connectivity index (χ1n) is 7.19. The number of nitrogen functional groups attached to an aromatic ring is 1. The number of hydrogen-bond acceptors (Lipinski definition) is 6. The fraction of sp³-hybridized carbons (Fsp3) is 0.714. The van der Waals surface area contributed by atoms with Crippen LogP contribution >= 0.6 is 11.3 Å². The molecule has 0 spiro atoms. The molecule has 1 heterocycles. The summed E-state index contributed by atoms with van der Waals surface area (Å²) in [5, 5.41) is 3.84. The standard InChI is InChI=1S/C14H27N5OS/c1-7-19(6)14-17-12(15)11(21-14)13(20)16-10(9(2)3)8-18(4)5/h9-10H,7-8,15H2,1-6H3,(H,16,20). The molecule has 0 bridgehead atoms. The van der Waals surface area contributed by atoms with E-state index in [0.717, 1.165) is 18.2 Å². The maximum absolute atomic E-state index is 12.4. The Labute approximate surface area is 131 Å². The summed E-state index contributed by atoms with van der Waals surface area (Å²) in [7, 11) is 5.93. The molecule has 0 saturated heterocycles. The lowest BCUT2D eigenvalue weighted by Crippen LogP contribution is -2.44. The molecular formula is C14H27N5OS. The second-order valence-corrected chi connectivity index (χ2v) is 6.79. The van der Waals surface area contributed by atoms with Crippen LogP contribution in [0, 0.1) is 5.92 Å². The number of nitrogens with two attached hydrogens (primary N) is 1. The lowest BCUT2D eigenvalue weighted by Gasteiger charge is -2.25. The average molecular weight is 313 g/mol. The van der Waals surface area contributed by atoms with Gasteiger partial charge in [-0.1, -0.05) is 25.2 Å². The van der Waals surface area contributed by atoms with Crippen molar-refractivity contribution in [2.24, 2.45) is 5.92 Å². The molecule has 0 radical (unpaired) electrons. The molecule has 0 aliphatic heterocycles. The molecule has 7 heteroatoms. The lowest BCUT2D eigenvalue weighted by molar-refractivity contribution is 0.0921. The van der Waals surface area contributed by atoms with Crippen molar-refractivity contribution in [1.29, 1.82) is 0 Å². The van der Waals surface area contributed by atoms with Crippen molar-refractivity contribution in [3.8, 4) is 0 Å². The minimum atomic E-state index is -0.138. The SMILES string of the molecule is CCN(C)c1nc(N)c(C(=O)NC(CN(C)C)C(C)C)s1. The van der Waals surface area contributed by atoms with Gasteiger partial charge in [0.25, 0.3) is 5.91 Å². The Bertz CT molecular complexity index is 472. The molecule has 6 nitrogen and oxygen atoms in total. The first kappa shape index (κ1) is 17.7. The van der Waals surface area contributed by atoms with Crippen LogP contribution in [0.4, 0.5) is 10.9 Å². The fourth-order valence-electron chi connectivity index (χ4n) is 1.83. The van der Waals surface area contributed by atoms with Gasteiger partial charge in [-0.15, -0.1) is 0 Å². The molecule has 120 valence electrons. The molecule has 1 aromatic heterocycles. The van der Waals surface area contributed by atoms with Gasteiger partial charge in [-0.05, 0) is 26.9 Å². The first-order valence-corrected chi connectivity index (χ1v) is 8.00. The van der Waals surface area contributed by atoms with Crippen LogP contribution in [-0.2, 0) is 0 Å². The highest BCUT2D eigenvalue weighted by Gasteiger charge is 2.22. The zero-order valence-corrected chi connectivity index (χ0v) is 14.6. The molecule has 21 heavy (non-hydrogen) atoms. The summed E-state index contributed by atoms with van der Waals surface area (Å²) in [6, 6.07) is 0.0846. The van der Waals surface area contributed by atoms with E-state index in [1.165, 1.54) is 11.3 Å². The number of likely N-dealkylation sites (N-methyl/N-ethyl adjacent to an activating group) is 1. The van der Waals surface area contributed by atoms with Gasteiger partial charge < -0.3 is 20.9 Å². The van der Waals surface area contributed by atoms with E-state index in [1.54, 1.807) is 0 Å². The molecule has 0 aromatic carbocycles. The van der Waals surface area contributed by atoms with Gasteiger partial charge >= 0.3 is 0 Å². The van der Waals surface area contributed by atoms with Crippen molar-refractivity contribution in [1.82, 2.24) is 15.2 Å². The Morgan fingerprint density at radius 3 is 2.48 bits per heavy atom. The van der Waals surface area contributed by atoms with Gasteiger partial charge in [-0.2, -0.15) is 0 Å². The molecule has 0 fully saturated rings. The van der Waals surface area contributed by atoms with E-state index in [-0.39, 0.29) is 11.9 Å². The first-order chi connectivity index (χ1) is 9.76. The summed E-state index contributed by atoms with van der Waals surface area (Å²) in [5.74, 6) is 0.518. The second-order valence-electron chi connectivity index (χ2n) is 5.81. The van der Waals surface area contributed by atoms with Gasteiger partial charge in [0.1, 0.15) is 10.7 Å². The van der Waals surface area contributed by atoms with Crippen molar-refractivity contribution in [2.75, 3.05) is 44.9 Å². The highest BCUT2D eigenvalue weighted by Crippen LogP contribution is 2.27. The fourth-order valence-corrected chi connectivity index (χ4v) is 2.75. The number of hydrogen-bond donors (Lipinski definition) is 2. The normalized spacial score (nSPS) is 12.8. The van der Waals surface area contributed by atoms with Crippen LogP contribution < -0.4 is 16.0 Å². The Balaban J connectivity index is 2.85. The number of anilines is 2. The zero-order chi connectivity index (χ0) is 16.2. The van der Waals surface area contributed by atoms with Crippen LogP contribution in [0.2, 0.25) is 0 Å². The second kappa shape index (κ2) is 7.61. The molecular weight excluding hydrogens is 286 g/mol. The third-order valence-corrected chi connectivity index (χ3v) is 4.52. The quantitative estimate of drug-likeness (QED) is 0.798. The lowest BCUT2D eigenvalue weighted by atomic mass is 10.0.